The van der Waals surface area contributed by atoms with Gasteiger partial charge in [-0.2, -0.15) is 0 Å². The first kappa shape index (κ1) is 13.7. The van der Waals surface area contributed by atoms with Crippen LogP contribution in [0.2, 0.25) is 0 Å². The number of pyridine rings is 1. The molecule has 2 aromatic rings. The maximum absolute atomic E-state index is 11.1. The number of hydrogen-bond donors (Lipinski definition) is 2. The summed E-state index contributed by atoms with van der Waals surface area (Å²) in [6.45, 7) is 1.63. The number of rotatable bonds is 5. The quantitative estimate of drug-likeness (QED) is 0.640. The highest BCUT2D eigenvalue weighted by molar-refractivity contribution is 5.95. The number of fused-ring (bicyclic) bond motifs is 1. The Morgan fingerprint density at radius 2 is 2.20 bits per heavy atom. The largest absolute Gasteiger partial charge is 0.481 e. The van der Waals surface area contributed by atoms with Gasteiger partial charge in [-0.3, -0.25) is 14.9 Å². The first-order valence-corrected chi connectivity index (χ1v) is 5.99. The average molecular weight is 275 g/mol. The fourth-order valence-corrected chi connectivity index (χ4v) is 1.80. The Labute approximate surface area is 114 Å². The summed E-state index contributed by atoms with van der Waals surface area (Å²) in [6, 6.07) is 6.98. The molecule has 0 aliphatic heterocycles. The molecule has 20 heavy (non-hydrogen) atoms. The van der Waals surface area contributed by atoms with Gasteiger partial charge in [-0.05, 0) is 6.07 Å². The molecule has 0 saturated heterocycles. The Balaban J connectivity index is 2.44. The van der Waals surface area contributed by atoms with Gasteiger partial charge in [0, 0.05) is 11.9 Å². The normalized spacial score (nSPS) is 12.1. The molecule has 104 valence electrons. The number of aromatic nitrogens is 1. The van der Waals surface area contributed by atoms with Crippen LogP contribution >= 0.6 is 0 Å². The molecule has 0 aliphatic carbocycles. The van der Waals surface area contributed by atoms with Gasteiger partial charge in [-0.15, -0.1) is 0 Å². The van der Waals surface area contributed by atoms with E-state index >= 15 is 0 Å². The number of benzene rings is 1. The van der Waals surface area contributed by atoms with Gasteiger partial charge in [0.1, 0.15) is 11.9 Å². The zero-order valence-electron chi connectivity index (χ0n) is 10.7. The van der Waals surface area contributed by atoms with Crippen molar-refractivity contribution in [1.82, 2.24) is 4.98 Å². The van der Waals surface area contributed by atoms with Gasteiger partial charge in [0.15, 0.2) is 0 Å². The molecule has 0 radical (unpaired) electrons. The van der Waals surface area contributed by atoms with E-state index < -0.39 is 16.8 Å². The van der Waals surface area contributed by atoms with E-state index in [1.54, 1.807) is 24.3 Å². The topological polar surface area (TPSA) is 105 Å². The third-order valence-corrected chi connectivity index (χ3v) is 2.96. The van der Waals surface area contributed by atoms with Gasteiger partial charge >= 0.3 is 11.7 Å². The molecule has 0 fully saturated rings. The summed E-state index contributed by atoms with van der Waals surface area (Å²) in [6.07, 6.45) is 1.18. The van der Waals surface area contributed by atoms with Crippen LogP contribution in [-0.2, 0) is 4.79 Å². The van der Waals surface area contributed by atoms with Gasteiger partial charge in [0.05, 0.1) is 16.4 Å². The molecular weight excluding hydrogens is 262 g/mol. The number of anilines is 1. The SMILES string of the molecule is CC(CNc1c([N+](=O)[O-])cnc2ccccc12)C(=O)O. The van der Waals surface area contributed by atoms with Crippen molar-refractivity contribution in [1.29, 1.82) is 0 Å². The fraction of sp³-hybridized carbons (Fsp3) is 0.231. The van der Waals surface area contributed by atoms with Crippen molar-refractivity contribution in [2.45, 2.75) is 6.92 Å². The van der Waals surface area contributed by atoms with Crippen LogP contribution in [0.3, 0.4) is 0 Å². The lowest BCUT2D eigenvalue weighted by Crippen LogP contribution is -2.20. The average Bonchev–Trinajstić information content (AvgIpc) is 2.43. The van der Waals surface area contributed by atoms with Crippen LogP contribution in [0.15, 0.2) is 30.5 Å². The molecule has 2 N–H and O–H groups in total. The van der Waals surface area contributed by atoms with Gasteiger partial charge in [0.25, 0.3) is 0 Å². The molecule has 1 aromatic carbocycles. The highest BCUT2D eigenvalue weighted by atomic mass is 16.6. The summed E-state index contributed by atoms with van der Waals surface area (Å²) in [5, 5.41) is 23.4. The van der Waals surface area contributed by atoms with E-state index in [2.05, 4.69) is 10.3 Å². The van der Waals surface area contributed by atoms with Crippen molar-refractivity contribution in [2.75, 3.05) is 11.9 Å². The van der Waals surface area contributed by atoms with E-state index in [-0.39, 0.29) is 12.2 Å². The highest BCUT2D eigenvalue weighted by Crippen LogP contribution is 2.31. The second kappa shape index (κ2) is 5.52. The highest BCUT2D eigenvalue weighted by Gasteiger charge is 2.19. The second-order valence-corrected chi connectivity index (χ2v) is 4.41. The lowest BCUT2D eigenvalue weighted by molar-refractivity contribution is -0.384. The second-order valence-electron chi connectivity index (χ2n) is 4.41. The monoisotopic (exact) mass is 275 g/mol. The van der Waals surface area contributed by atoms with Crippen molar-refractivity contribution in [3.05, 3.63) is 40.6 Å². The minimum Gasteiger partial charge on any atom is -0.481 e. The number of nitrogens with zero attached hydrogens (tertiary/aromatic N) is 2. The molecule has 7 heteroatoms. The van der Waals surface area contributed by atoms with Gasteiger partial charge in [-0.25, -0.2) is 4.98 Å². The summed E-state index contributed by atoms with van der Waals surface area (Å²) in [5.41, 5.74) is 0.749. The molecule has 0 saturated carbocycles. The Hall–Kier alpha value is -2.70. The first-order valence-electron chi connectivity index (χ1n) is 5.99. The van der Waals surface area contributed by atoms with E-state index in [4.69, 9.17) is 5.11 Å². The molecule has 2 rings (SSSR count). The number of carboxylic acid groups (broad SMARTS) is 1. The Morgan fingerprint density at radius 3 is 2.85 bits per heavy atom. The van der Waals surface area contributed by atoms with Crippen molar-refractivity contribution < 1.29 is 14.8 Å². The van der Waals surface area contributed by atoms with Crippen LogP contribution in [0.25, 0.3) is 10.9 Å². The number of aliphatic carboxylic acids is 1. The predicted molar refractivity (Wildman–Crippen MR) is 73.7 cm³/mol. The lowest BCUT2D eigenvalue weighted by atomic mass is 10.1. The van der Waals surface area contributed by atoms with E-state index in [1.807, 2.05) is 0 Å². The number of nitro groups is 1. The van der Waals surface area contributed by atoms with E-state index in [0.717, 1.165) is 0 Å². The first-order chi connectivity index (χ1) is 9.50. The van der Waals surface area contributed by atoms with E-state index in [9.17, 15) is 14.9 Å². The Bertz CT molecular complexity index is 672. The van der Waals surface area contributed by atoms with Crippen LogP contribution in [0, 0.1) is 16.0 Å². The molecule has 1 heterocycles. The van der Waals surface area contributed by atoms with Crippen molar-refractivity contribution in [2.24, 2.45) is 5.92 Å². The minimum absolute atomic E-state index is 0.101. The molecule has 1 unspecified atom stereocenters. The predicted octanol–water partition coefficient (Wildman–Crippen LogP) is 2.28. The zero-order chi connectivity index (χ0) is 14.7. The van der Waals surface area contributed by atoms with Gasteiger partial charge in [-0.1, -0.05) is 25.1 Å². The number of hydrogen-bond acceptors (Lipinski definition) is 5. The maximum atomic E-state index is 11.1. The third kappa shape index (κ3) is 2.66. The zero-order valence-corrected chi connectivity index (χ0v) is 10.7. The van der Waals surface area contributed by atoms with Crippen molar-refractivity contribution in [3.8, 4) is 0 Å². The van der Waals surface area contributed by atoms with Crippen LogP contribution in [0.4, 0.5) is 11.4 Å². The maximum Gasteiger partial charge on any atom is 0.311 e. The summed E-state index contributed by atoms with van der Waals surface area (Å²) >= 11 is 0. The van der Waals surface area contributed by atoms with Crippen molar-refractivity contribution in [3.63, 3.8) is 0 Å². The molecule has 0 aliphatic rings. The lowest BCUT2D eigenvalue weighted by Gasteiger charge is -2.12. The molecule has 0 spiro atoms. The number of para-hydroxylation sites is 1. The van der Waals surface area contributed by atoms with Crippen LogP contribution < -0.4 is 5.32 Å². The summed E-state index contributed by atoms with van der Waals surface area (Å²) in [4.78, 5) is 25.4. The smallest absolute Gasteiger partial charge is 0.311 e. The Kier molecular flexibility index (Phi) is 3.79. The fourth-order valence-electron chi connectivity index (χ4n) is 1.80. The molecule has 0 bridgehead atoms. The van der Waals surface area contributed by atoms with Gasteiger partial charge in [0.2, 0.25) is 0 Å². The van der Waals surface area contributed by atoms with Gasteiger partial charge < -0.3 is 10.4 Å². The third-order valence-electron chi connectivity index (χ3n) is 2.96. The van der Waals surface area contributed by atoms with Crippen LogP contribution in [0.1, 0.15) is 6.92 Å². The summed E-state index contributed by atoms with van der Waals surface area (Å²) in [5.74, 6) is -1.61. The summed E-state index contributed by atoms with van der Waals surface area (Å²) < 4.78 is 0. The number of carbonyl (C=O) groups is 1. The summed E-state index contributed by atoms with van der Waals surface area (Å²) in [7, 11) is 0. The standard InChI is InChI=1S/C13H13N3O4/c1-8(13(17)18)6-15-12-9-4-2-3-5-10(9)14-7-11(12)16(19)20/h2-5,7-8H,6H2,1H3,(H,14,15)(H,17,18). The molecule has 0 amide bonds. The number of carboxylic acids is 1. The van der Waals surface area contributed by atoms with Crippen molar-refractivity contribution >= 4 is 28.2 Å². The molecule has 1 aromatic heterocycles. The van der Waals surface area contributed by atoms with Crippen LogP contribution in [0.5, 0.6) is 0 Å². The molecule has 7 nitrogen and oxygen atoms in total. The Morgan fingerprint density at radius 1 is 1.50 bits per heavy atom. The molecular formula is C13H13N3O4. The molecule has 1 atom stereocenters. The minimum atomic E-state index is -0.960. The number of nitrogens with one attached hydrogen (secondary N) is 1. The van der Waals surface area contributed by atoms with Crippen LogP contribution in [-0.4, -0.2) is 27.5 Å². The van der Waals surface area contributed by atoms with E-state index in [0.29, 0.717) is 16.6 Å². The van der Waals surface area contributed by atoms with E-state index in [1.165, 1.54) is 13.1 Å².